The Bertz CT molecular complexity index is 357. The third-order valence-electron chi connectivity index (χ3n) is 2.66. The molecule has 2 N–H and O–H groups in total. The number of rotatable bonds is 6. The lowest BCUT2D eigenvalue weighted by Crippen LogP contribution is -2.28. The average molecular weight is 222 g/mol. The van der Waals surface area contributed by atoms with E-state index >= 15 is 0 Å². The maximum atomic E-state index is 11.5. The summed E-state index contributed by atoms with van der Waals surface area (Å²) in [7, 11) is 1.88. The quantitative estimate of drug-likeness (QED) is 0.719. The minimum absolute atomic E-state index is 0.0697. The van der Waals surface area contributed by atoms with E-state index < -0.39 is 0 Å². The summed E-state index contributed by atoms with van der Waals surface area (Å²) in [6, 6.07) is 0. The molecular formula is C11H18N4O. The Morgan fingerprint density at radius 1 is 1.62 bits per heavy atom. The first kappa shape index (κ1) is 11.1. The summed E-state index contributed by atoms with van der Waals surface area (Å²) in [5, 5.41) is 5.95. The first-order chi connectivity index (χ1) is 7.78. The molecule has 1 amide bonds. The summed E-state index contributed by atoms with van der Waals surface area (Å²) >= 11 is 0. The highest BCUT2D eigenvalue weighted by atomic mass is 16.1. The lowest BCUT2D eigenvalue weighted by Gasteiger charge is -2.04. The molecule has 1 heterocycles. The largest absolute Gasteiger partial charge is 0.354 e. The molecule has 1 aromatic rings. The third kappa shape index (κ3) is 3.34. The second kappa shape index (κ2) is 5.12. The highest BCUT2D eigenvalue weighted by molar-refractivity contribution is 5.75. The van der Waals surface area contributed by atoms with Gasteiger partial charge >= 0.3 is 0 Å². The SMILES string of the molecule is CNCc1cn(CC(=O)NCC2CC2)cn1. The highest BCUT2D eigenvalue weighted by Gasteiger charge is 2.21. The van der Waals surface area contributed by atoms with Crippen LogP contribution >= 0.6 is 0 Å². The summed E-state index contributed by atoms with van der Waals surface area (Å²) < 4.78 is 1.81. The van der Waals surface area contributed by atoms with E-state index in [1.54, 1.807) is 6.33 Å². The Hall–Kier alpha value is -1.36. The average Bonchev–Trinajstić information content (AvgIpc) is 2.99. The van der Waals surface area contributed by atoms with Crippen molar-refractivity contribution in [2.45, 2.75) is 25.9 Å². The van der Waals surface area contributed by atoms with E-state index in [1.165, 1.54) is 12.8 Å². The van der Waals surface area contributed by atoms with Crippen molar-refractivity contribution in [2.75, 3.05) is 13.6 Å². The number of carbonyl (C=O) groups is 1. The molecule has 1 aromatic heterocycles. The van der Waals surface area contributed by atoms with Gasteiger partial charge in [0.2, 0.25) is 5.91 Å². The van der Waals surface area contributed by atoms with Crippen LogP contribution in [0.1, 0.15) is 18.5 Å². The molecule has 88 valence electrons. The standard InChI is InChI=1S/C11H18N4O/c1-12-5-10-6-15(8-14-10)7-11(16)13-4-9-2-3-9/h6,8-9,12H,2-5,7H2,1H3,(H,13,16). The van der Waals surface area contributed by atoms with E-state index in [1.807, 2.05) is 17.8 Å². The van der Waals surface area contributed by atoms with E-state index in [9.17, 15) is 4.79 Å². The lowest BCUT2D eigenvalue weighted by atomic mass is 10.4. The van der Waals surface area contributed by atoms with Crippen LogP contribution < -0.4 is 10.6 Å². The number of nitrogens with one attached hydrogen (secondary N) is 2. The zero-order chi connectivity index (χ0) is 11.4. The van der Waals surface area contributed by atoms with Crippen molar-refractivity contribution in [1.82, 2.24) is 20.2 Å². The summed E-state index contributed by atoms with van der Waals surface area (Å²) in [5.41, 5.74) is 0.956. The van der Waals surface area contributed by atoms with Gasteiger partial charge in [0.05, 0.1) is 12.0 Å². The van der Waals surface area contributed by atoms with Crippen LogP contribution in [0.5, 0.6) is 0 Å². The van der Waals surface area contributed by atoms with Crippen molar-refractivity contribution in [2.24, 2.45) is 5.92 Å². The van der Waals surface area contributed by atoms with Gasteiger partial charge in [0.15, 0.2) is 0 Å². The third-order valence-corrected chi connectivity index (χ3v) is 2.66. The molecule has 1 fully saturated rings. The van der Waals surface area contributed by atoms with Crippen molar-refractivity contribution < 1.29 is 4.79 Å². The van der Waals surface area contributed by atoms with Gasteiger partial charge in [-0.1, -0.05) is 0 Å². The van der Waals surface area contributed by atoms with Crippen LogP contribution in [0.3, 0.4) is 0 Å². The van der Waals surface area contributed by atoms with Gasteiger partial charge in [-0.25, -0.2) is 4.98 Å². The van der Waals surface area contributed by atoms with Gasteiger partial charge in [0.25, 0.3) is 0 Å². The predicted octanol–water partition coefficient (Wildman–Crippen LogP) is 0.129. The van der Waals surface area contributed by atoms with E-state index in [-0.39, 0.29) is 5.91 Å². The Labute approximate surface area is 95.2 Å². The van der Waals surface area contributed by atoms with Gasteiger partial charge in [-0.3, -0.25) is 4.79 Å². The van der Waals surface area contributed by atoms with E-state index in [0.29, 0.717) is 6.54 Å². The molecule has 0 bridgehead atoms. The second-order valence-corrected chi connectivity index (χ2v) is 4.32. The molecule has 1 saturated carbocycles. The van der Waals surface area contributed by atoms with Gasteiger partial charge in [-0.05, 0) is 25.8 Å². The van der Waals surface area contributed by atoms with E-state index in [0.717, 1.165) is 24.7 Å². The smallest absolute Gasteiger partial charge is 0.239 e. The Morgan fingerprint density at radius 2 is 2.44 bits per heavy atom. The summed E-state index contributed by atoms with van der Waals surface area (Å²) in [5.74, 6) is 0.798. The number of carbonyl (C=O) groups excluding carboxylic acids is 1. The molecule has 1 aliphatic rings. The second-order valence-electron chi connectivity index (χ2n) is 4.32. The van der Waals surface area contributed by atoms with Gasteiger partial charge in [-0.15, -0.1) is 0 Å². The van der Waals surface area contributed by atoms with Crippen molar-refractivity contribution in [1.29, 1.82) is 0 Å². The Balaban J connectivity index is 1.75. The molecular weight excluding hydrogens is 204 g/mol. The van der Waals surface area contributed by atoms with Crippen molar-refractivity contribution in [3.8, 4) is 0 Å². The van der Waals surface area contributed by atoms with Crippen LogP contribution in [0.4, 0.5) is 0 Å². The number of nitrogens with zero attached hydrogens (tertiary/aromatic N) is 2. The van der Waals surface area contributed by atoms with Crippen LogP contribution in [0.15, 0.2) is 12.5 Å². The molecule has 0 saturated heterocycles. The molecule has 0 aromatic carbocycles. The number of aromatic nitrogens is 2. The molecule has 0 radical (unpaired) electrons. The molecule has 1 aliphatic carbocycles. The van der Waals surface area contributed by atoms with Gasteiger partial charge < -0.3 is 15.2 Å². The zero-order valence-electron chi connectivity index (χ0n) is 9.57. The lowest BCUT2D eigenvalue weighted by molar-refractivity contribution is -0.121. The van der Waals surface area contributed by atoms with Crippen molar-refractivity contribution >= 4 is 5.91 Å². The molecule has 2 rings (SSSR count). The van der Waals surface area contributed by atoms with Crippen LogP contribution in [0, 0.1) is 5.92 Å². The monoisotopic (exact) mass is 222 g/mol. The van der Waals surface area contributed by atoms with Crippen LogP contribution in [-0.4, -0.2) is 29.1 Å². The molecule has 0 unspecified atom stereocenters. The first-order valence-corrected chi connectivity index (χ1v) is 5.70. The normalized spacial score (nSPS) is 15.1. The predicted molar refractivity (Wildman–Crippen MR) is 60.7 cm³/mol. The van der Waals surface area contributed by atoms with Gasteiger partial charge in [-0.2, -0.15) is 0 Å². The molecule has 5 nitrogen and oxygen atoms in total. The zero-order valence-corrected chi connectivity index (χ0v) is 9.57. The topological polar surface area (TPSA) is 59.0 Å². The van der Waals surface area contributed by atoms with Gasteiger partial charge in [0, 0.05) is 19.3 Å². The maximum Gasteiger partial charge on any atom is 0.239 e. The molecule has 16 heavy (non-hydrogen) atoms. The molecule has 0 aliphatic heterocycles. The highest BCUT2D eigenvalue weighted by Crippen LogP contribution is 2.27. The molecule has 0 atom stereocenters. The molecule has 5 heteroatoms. The first-order valence-electron chi connectivity index (χ1n) is 5.70. The van der Waals surface area contributed by atoms with E-state index in [4.69, 9.17) is 0 Å². The maximum absolute atomic E-state index is 11.5. The minimum atomic E-state index is 0.0697. The fourth-order valence-electron chi connectivity index (χ4n) is 1.57. The van der Waals surface area contributed by atoms with Crippen LogP contribution in [0.25, 0.3) is 0 Å². The Kier molecular flexibility index (Phi) is 3.56. The van der Waals surface area contributed by atoms with Crippen LogP contribution in [-0.2, 0) is 17.9 Å². The number of hydrogen-bond donors (Lipinski definition) is 2. The van der Waals surface area contributed by atoms with Crippen molar-refractivity contribution in [3.63, 3.8) is 0 Å². The summed E-state index contributed by atoms with van der Waals surface area (Å²) in [4.78, 5) is 15.7. The van der Waals surface area contributed by atoms with Crippen molar-refractivity contribution in [3.05, 3.63) is 18.2 Å². The van der Waals surface area contributed by atoms with Gasteiger partial charge in [0.1, 0.15) is 6.54 Å². The summed E-state index contributed by atoms with van der Waals surface area (Å²) in [6.45, 7) is 1.93. The number of hydrogen-bond acceptors (Lipinski definition) is 3. The Morgan fingerprint density at radius 3 is 3.12 bits per heavy atom. The number of imidazole rings is 1. The summed E-state index contributed by atoms with van der Waals surface area (Å²) in [6.07, 6.45) is 6.12. The van der Waals surface area contributed by atoms with Crippen LogP contribution in [0.2, 0.25) is 0 Å². The minimum Gasteiger partial charge on any atom is -0.354 e. The number of amides is 1. The fraction of sp³-hybridized carbons (Fsp3) is 0.636. The fourth-order valence-corrected chi connectivity index (χ4v) is 1.57. The molecule has 0 spiro atoms. The van der Waals surface area contributed by atoms with E-state index in [2.05, 4.69) is 15.6 Å².